The van der Waals surface area contributed by atoms with E-state index in [1.165, 1.54) is 17.3 Å². The van der Waals surface area contributed by atoms with Crippen molar-refractivity contribution >= 4 is 35.2 Å². The number of thioether (sulfide) groups is 1. The number of aromatic nitrogens is 3. The molecule has 0 fully saturated rings. The molecule has 0 atom stereocenters. The van der Waals surface area contributed by atoms with Gasteiger partial charge in [0.05, 0.1) is 12.3 Å². The van der Waals surface area contributed by atoms with Crippen LogP contribution >= 0.6 is 23.4 Å². The molecule has 0 aliphatic carbocycles. The molecule has 2 aromatic carbocycles. The van der Waals surface area contributed by atoms with Crippen molar-refractivity contribution in [2.24, 2.45) is 0 Å². The number of rotatable bonds is 11. The first-order valence-electron chi connectivity index (χ1n) is 10.1. The fourth-order valence-electron chi connectivity index (χ4n) is 2.93. The number of carbonyl (C=O) groups is 2. The van der Waals surface area contributed by atoms with Crippen molar-refractivity contribution in [2.75, 3.05) is 12.3 Å². The lowest BCUT2D eigenvalue weighted by molar-refractivity contribution is -0.118. The van der Waals surface area contributed by atoms with Gasteiger partial charge in [-0.2, -0.15) is 0 Å². The van der Waals surface area contributed by atoms with Crippen LogP contribution in [0.4, 0.5) is 0 Å². The van der Waals surface area contributed by atoms with Crippen LogP contribution in [0.2, 0.25) is 5.02 Å². The first kappa shape index (κ1) is 23.6. The molecule has 0 bridgehead atoms. The van der Waals surface area contributed by atoms with Gasteiger partial charge in [0, 0.05) is 23.7 Å². The summed E-state index contributed by atoms with van der Waals surface area (Å²) in [6, 6.07) is 16.7. The number of carbonyl (C=O) groups excluding carboxylic acids is 2. The fraction of sp³-hybridized carbons (Fsp3) is 0.217. The van der Waals surface area contributed by atoms with Crippen LogP contribution in [0, 0.1) is 0 Å². The topological polar surface area (TPSA) is 88.9 Å². The molecule has 3 rings (SSSR count). The molecule has 166 valence electrons. The molecule has 0 aliphatic heterocycles. The SMILES string of the molecule is C=CCn1c(CNC(=O)c2cccc(Cl)c2)nnc1SCC(=O)NCCc1ccccc1. The summed E-state index contributed by atoms with van der Waals surface area (Å²) < 4.78 is 1.83. The van der Waals surface area contributed by atoms with Crippen LogP contribution in [0.1, 0.15) is 21.7 Å². The highest BCUT2D eigenvalue weighted by Gasteiger charge is 2.15. The van der Waals surface area contributed by atoms with Crippen molar-refractivity contribution in [1.82, 2.24) is 25.4 Å². The van der Waals surface area contributed by atoms with Crippen molar-refractivity contribution in [3.05, 3.63) is 89.2 Å². The molecule has 7 nitrogen and oxygen atoms in total. The van der Waals surface area contributed by atoms with E-state index >= 15 is 0 Å². The van der Waals surface area contributed by atoms with Crippen LogP contribution in [0.5, 0.6) is 0 Å². The van der Waals surface area contributed by atoms with Gasteiger partial charge in [-0.05, 0) is 30.2 Å². The highest BCUT2D eigenvalue weighted by atomic mass is 35.5. The zero-order valence-electron chi connectivity index (χ0n) is 17.5. The lowest BCUT2D eigenvalue weighted by atomic mass is 10.1. The van der Waals surface area contributed by atoms with E-state index in [1.54, 1.807) is 30.3 Å². The lowest BCUT2D eigenvalue weighted by Crippen LogP contribution is -2.27. The number of benzene rings is 2. The third-order valence-electron chi connectivity index (χ3n) is 4.51. The number of nitrogens with zero attached hydrogens (tertiary/aromatic N) is 3. The number of nitrogens with one attached hydrogen (secondary N) is 2. The molecule has 32 heavy (non-hydrogen) atoms. The largest absolute Gasteiger partial charge is 0.355 e. The van der Waals surface area contributed by atoms with Gasteiger partial charge in [-0.25, -0.2) is 0 Å². The second kappa shape index (κ2) is 12.1. The van der Waals surface area contributed by atoms with E-state index in [1.807, 2.05) is 34.9 Å². The van der Waals surface area contributed by atoms with Crippen LogP contribution in [0.25, 0.3) is 0 Å². The molecular formula is C23H24ClN5O2S. The van der Waals surface area contributed by atoms with Gasteiger partial charge >= 0.3 is 0 Å². The summed E-state index contributed by atoms with van der Waals surface area (Å²) >= 11 is 7.24. The minimum atomic E-state index is -0.257. The molecule has 0 spiro atoms. The van der Waals surface area contributed by atoms with Crippen LogP contribution in [0.3, 0.4) is 0 Å². The normalized spacial score (nSPS) is 10.5. The number of allylic oxidation sites excluding steroid dienone is 1. The van der Waals surface area contributed by atoms with Gasteiger partial charge in [0.15, 0.2) is 11.0 Å². The Kier molecular flexibility index (Phi) is 8.89. The predicted octanol–water partition coefficient (Wildman–Crippen LogP) is 3.50. The van der Waals surface area contributed by atoms with Gasteiger partial charge in [0.25, 0.3) is 5.91 Å². The van der Waals surface area contributed by atoms with Crippen LogP contribution in [0.15, 0.2) is 72.4 Å². The van der Waals surface area contributed by atoms with Gasteiger partial charge < -0.3 is 15.2 Å². The smallest absolute Gasteiger partial charge is 0.251 e. The Balaban J connectivity index is 1.51. The number of halogens is 1. The van der Waals surface area contributed by atoms with E-state index in [2.05, 4.69) is 27.4 Å². The maximum absolute atomic E-state index is 12.4. The molecule has 0 saturated carbocycles. The van der Waals surface area contributed by atoms with E-state index in [0.717, 1.165) is 6.42 Å². The van der Waals surface area contributed by atoms with Gasteiger partial charge in [-0.15, -0.1) is 16.8 Å². The van der Waals surface area contributed by atoms with Crippen molar-refractivity contribution in [2.45, 2.75) is 24.7 Å². The van der Waals surface area contributed by atoms with E-state index in [4.69, 9.17) is 11.6 Å². The summed E-state index contributed by atoms with van der Waals surface area (Å²) in [5.74, 6) is 0.466. The van der Waals surface area contributed by atoms with Crippen molar-refractivity contribution < 1.29 is 9.59 Å². The Bertz CT molecular complexity index is 1070. The highest BCUT2D eigenvalue weighted by Crippen LogP contribution is 2.17. The second-order valence-electron chi connectivity index (χ2n) is 6.87. The third-order valence-corrected chi connectivity index (χ3v) is 5.71. The average molecular weight is 470 g/mol. The zero-order valence-corrected chi connectivity index (χ0v) is 19.0. The van der Waals surface area contributed by atoms with Crippen molar-refractivity contribution in [1.29, 1.82) is 0 Å². The molecule has 9 heteroatoms. The predicted molar refractivity (Wildman–Crippen MR) is 127 cm³/mol. The van der Waals surface area contributed by atoms with Crippen LogP contribution < -0.4 is 10.6 Å². The lowest BCUT2D eigenvalue weighted by Gasteiger charge is -2.09. The molecule has 0 saturated heterocycles. The quantitative estimate of drug-likeness (QED) is 0.331. The number of amides is 2. The molecular weight excluding hydrogens is 446 g/mol. The highest BCUT2D eigenvalue weighted by molar-refractivity contribution is 7.99. The van der Waals surface area contributed by atoms with E-state index < -0.39 is 0 Å². The summed E-state index contributed by atoms with van der Waals surface area (Å²) in [5.41, 5.74) is 1.64. The van der Waals surface area contributed by atoms with Crippen LogP contribution in [-0.4, -0.2) is 38.9 Å². The Morgan fingerprint density at radius 3 is 2.66 bits per heavy atom. The average Bonchev–Trinajstić information content (AvgIpc) is 3.18. The molecule has 0 radical (unpaired) electrons. The van der Waals surface area contributed by atoms with Gasteiger partial charge in [-0.3, -0.25) is 9.59 Å². The molecule has 0 unspecified atom stereocenters. The molecule has 2 N–H and O–H groups in total. The number of hydrogen-bond donors (Lipinski definition) is 2. The third kappa shape index (κ3) is 6.96. The van der Waals surface area contributed by atoms with Crippen molar-refractivity contribution in [3.63, 3.8) is 0 Å². The Labute approximate surface area is 196 Å². The minimum Gasteiger partial charge on any atom is -0.355 e. The maximum atomic E-state index is 12.4. The first-order chi connectivity index (χ1) is 15.6. The molecule has 0 aliphatic rings. The maximum Gasteiger partial charge on any atom is 0.251 e. The van der Waals surface area contributed by atoms with Gasteiger partial charge in [-0.1, -0.05) is 65.8 Å². The number of hydrogen-bond acceptors (Lipinski definition) is 5. The first-order valence-corrected chi connectivity index (χ1v) is 11.4. The summed E-state index contributed by atoms with van der Waals surface area (Å²) in [4.78, 5) is 24.6. The fourth-order valence-corrected chi connectivity index (χ4v) is 3.92. The Morgan fingerprint density at radius 2 is 1.91 bits per heavy atom. The Morgan fingerprint density at radius 1 is 1.09 bits per heavy atom. The molecule has 1 aromatic heterocycles. The summed E-state index contributed by atoms with van der Waals surface area (Å²) in [7, 11) is 0. The second-order valence-corrected chi connectivity index (χ2v) is 8.24. The monoisotopic (exact) mass is 469 g/mol. The van der Waals surface area contributed by atoms with E-state index in [9.17, 15) is 9.59 Å². The molecule has 3 aromatic rings. The zero-order chi connectivity index (χ0) is 22.8. The molecule has 1 heterocycles. The Hall–Kier alpha value is -3.10. The summed E-state index contributed by atoms with van der Waals surface area (Å²) in [6.07, 6.45) is 2.50. The van der Waals surface area contributed by atoms with Gasteiger partial charge in [0.2, 0.25) is 5.91 Å². The van der Waals surface area contributed by atoms with E-state index in [-0.39, 0.29) is 24.1 Å². The standard InChI is InChI=1S/C23H24ClN5O2S/c1-2-13-29-20(15-26-22(31)18-9-6-10-19(24)14-18)27-28-23(29)32-16-21(30)25-12-11-17-7-4-3-5-8-17/h2-10,14H,1,11-13,15-16H2,(H,25,30)(H,26,31). The van der Waals surface area contributed by atoms with E-state index in [0.29, 0.717) is 34.7 Å². The van der Waals surface area contributed by atoms with Crippen molar-refractivity contribution in [3.8, 4) is 0 Å². The summed E-state index contributed by atoms with van der Waals surface area (Å²) in [5, 5.41) is 15.2. The van der Waals surface area contributed by atoms with Crippen LogP contribution in [-0.2, 0) is 24.3 Å². The van der Waals surface area contributed by atoms with Gasteiger partial charge in [0.1, 0.15) is 0 Å². The minimum absolute atomic E-state index is 0.0742. The summed E-state index contributed by atoms with van der Waals surface area (Å²) in [6.45, 7) is 5.00. The molecule has 2 amide bonds.